The summed E-state index contributed by atoms with van der Waals surface area (Å²) in [6.45, 7) is 4.12. The first-order valence-electron chi connectivity index (χ1n) is 9.34. The summed E-state index contributed by atoms with van der Waals surface area (Å²) in [6, 6.07) is 14.9. The van der Waals surface area contributed by atoms with Crippen LogP contribution in [-0.2, 0) is 16.0 Å². The Labute approximate surface area is 160 Å². The number of benzene rings is 2. The van der Waals surface area contributed by atoms with Crippen LogP contribution >= 0.6 is 0 Å². The number of hydrogen-bond donors (Lipinski definition) is 1. The summed E-state index contributed by atoms with van der Waals surface area (Å²) >= 11 is 0. The van der Waals surface area contributed by atoms with Crippen molar-refractivity contribution < 1.29 is 14.3 Å². The number of carbonyl (C=O) groups excluding carboxylic acids is 2. The second-order valence-corrected chi connectivity index (χ2v) is 6.81. The van der Waals surface area contributed by atoms with Crippen LogP contribution in [0.5, 0.6) is 5.75 Å². The SMILES string of the molecule is CC[C@@H](NC(=O)[C@@H]1c2ccccc2CCN1C(C)=O)c1ccc(OC)cc1. The fraction of sp³-hybridized carbons (Fsp3) is 0.364. The van der Waals surface area contributed by atoms with Crippen molar-refractivity contribution in [1.82, 2.24) is 10.2 Å². The van der Waals surface area contributed by atoms with E-state index in [9.17, 15) is 9.59 Å². The van der Waals surface area contributed by atoms with Crippen LogP contribution in [0.4, 0.5) is 0 Å². The lowest BCUT2D eigenvalue weighted by Gasteiger charge is -2.36. The van der Waals surface area contributed by atoms with Crippen molar-refractivity contribution in [2.24, 2.45) is 0 Å². The van der Waals surface area contributed by atoms with E-state index in [0.29, 0.717) is 6.54 Å². The van der Waals surface area contributed by atoms with Gasteiger partial charge in [-0.3, -0.25) is 9.59 Å². The minimum Gasteiger partial charge on any atom is -0.497 e. The molecule has 5 nitrogen and oxygen atoms in total. The molecule has 0 spiro atoms. The molecule has 2 atom stereocenters. The van der Waals surface area contributed by atoms with E-state index in [4.69, 9.17) is 4.74 Å². The third-order valence-electron chi connectivity index (χ3n) is 5.18. The molecule has 1 N–H and O–H groups in total. The topological polar surface area (TPSA) is 58.6 Å². The summed E-state index contributed by atoms with van der Waals surface area (Å²) in [5.74, 6) is 0.561. The lowest BCUT2D eigenvalue weighted by molar-refractivity contribution is -0.140. The molecule has 0 fully saturated rings. The Kier molecular flexibility index (Phi) is 5.79. The summed E-state index contributed by atoms with van der Waals surface area (Å²) in [5.41, 5.74) is 3.07. The molecule has 0 aromatic heterocycles. The van der Waals surface area contributed by atoms with Crippen molar-refractivity contribution in [3.63, 3.8) is 0 Å². The summed E-state index contributed by atoms with van der Waals surface area (Å²) in [7, 11) is 1.63. The van der Waals surface area contributed by atoms with Gasteiger partial charge in [0.1, 0.15) is 11.8 Å². The van der Waals surface area contributed by atoms with Crippen molar-refractivity contribution in [2.45, 2.75) is 38.8 Å². The number of methoxy groups -OCH3 is 1. The zero-order chi connectivity index (χ0) is 19.4. The molecule has 27 heavy (non-hydrogen) atoms. The normalized spacial score (nSPS) is 17.0. The molecule has 2 aromatic carbocycles. The molecule has 0 unspecified atom stereocenters. The van der Waals surface area contributed by atoms with Crippen LogP contribution in [0.15, 0.2) is 48.5 Å². The lowest BCUT2D eigenvalue weighted by Crippen LogP contribution is -2.47. The first kappa shape index (κ1) is 19.0. The first-order chi connectivity index (χ1) is 13.0. The highest BCUT2D eigenvalue weighted by Crippen LogP contribution is 2.31. The fourth-order valence-electron chi connectivity index (χ4n) is 3.70. The number of ether oxygens (including phenoxy) is 1. The summed E-state index contributed by atoms with van der Waals surface area (Å²) in [4.78, 5) is 27.0. The third kappa shape index (κ3) is 3.97. The quantitative estimate of drug-likeness (QED) is 0.882. The van der Waals surface area contributed by atoms with Gasteiger partial charge in [-0.15, -0.1) is 0 Å². The minimum absolute atomic E-state index is 0.0813. The predicted octanol–water partition coefficient (Wildman–Crippen LogP) is 3.41. The van der Waals surface area contributed by atoms with Crippen LogP contribution in [0, 0.1) is 0 Å². The molecule has 0 aliphatic carbocycles. The van der Waals surface area contributed by atoms with E-state index in [-0.39, 0.29) is 17.9 Å². The summed E-state index contributed by atoms with van der Waals surface area (Å²) in [5, 5.41) is 3.14. The highest BCUT2D eigenvalue weighted by Gasteiger charge is 2.35. The van der Waals surface area contributed by atoms with Crippen LogP contribution in [0.2, 0.25) is 0 Å². The highest BCUT2D eigenvalue weighted by molar-refractivity contribution is 5.89. The predicted molar refractivity (Wildman–Crippen MR) is 104 cm³/mol. The first-order valence-corrected chi connectivity index (χ1v) is 9.34. The number of hydrogen-bond acceptors (Lipinski definition) is 3. The summed E-state index contributed by atoms with van der Waals surface area (Å²) in [6.07, 6.45) is 1.53. The monoisotopic (exact) mass is 366 g/mol. The van der Waals surface area contributed by atoms with Crippen LogP contribution in [-0.4, -0.2) is 30.4 Å². The van der Waals surface area contributed by atoms with E-state index in [1.165, 1.54) is 6.92 Å². The minimum atomic E-state index is -0.584. The molecule has 1 heterocycles. The zero-order valence-corrected chi connectivity index (χ0v) is 16.1. The average Bonchev–Trinajstić information content (AvgIpc) is 2.70. The van der Waals surface area contributed by atoms with Gasteiger partial charge in [-0.2, -0.15) is 0 Å². The summed E-state index contributed by atoms with van der Waals surface area (Å²) < 4.78 is 5.21. The van der Waals surface area contributed by atoms with Crippen LogP contribution in [0.3, 0.4) is 0 Å². The number of rotatable bonds is 5. The van der Waals surface area contributed by atoms with Gasteiger partial charge in [0, 0.05) is 13.5 Å². The van der Waals surface area contributed by atoms with Crippen LogP contribution in [0.1, 0.15) is 49.0 Å². The standard InChI is InChI=1S/C22H26N2O3/c1-4-20(17-9-11-18(27-3)12-10-17)23-22(26)21-19-8-6-5-7-16(19)13-14-24(21)15(2)25/h5-12,20-21H,4,13-14H2,1-3H3,(H,23,26)/t20-,21+/m1/s1. The van der Waals surface area contributed by atoms with Gasteiger partial charge in [-0.25, -0.2) is 0 Å². The Morgan fingerprint density at radius 2 is 1.89 bits per heavy atom. The van der Waals surface area contributed by atoms with Gasteiger partial charge in [0.15, 0.2) is 0 Å². The van der Waals surface area contributed by atoms with Gasteiger partial charge in [0.2, 0.25) is 11.8 Å². The molecule has 1 aliphatic heterocycles. The van der Waals surface area contributed by atoms with E-state index in [2.05, 4.69) is 5.32 Å². The third-order valence-corrected chi connectivity index (χ3v) is 5.18. The molecule has 0 saturated heterocycles. The molecular formula is C22H26N2O3. The van der Waals surface area contributed by atoms with E-state index >= 15 is 0 Å². The van der Waals surface area contributed by atoms with Gasteiger partial charge in [-0.05, 0) is 41.7 Å². The molecule has 2 aromatic rings. The number of fused-ring (bicyclic) bond motifs is 1. The van der Waals surface area contributed by atoms with Gasteiger partial charge in [0.05, 0.1) is 13.2 Å². The Balaban J connectivity index is 1.86. The second-order valence-electron chi connectivity index (χ2n) is 6.81. The maximum Gasteiger partial charge on any atom is 0.247 e. The Hall–Kier alpha value is -2.82. The number of amides is 2. The van der Waals surface area contributed by atoms with Gasteiger partial charge >= 0.3 is 0 Å². The number of nitrogens with one attached hydrogen (secondary N) is 1. The zero-order valence-electron chi connectivity index (χ0n) is 16.1. The molecule has 2 amide bonds. The van der Waals surface area contributed by atoms with E-state index < -0.39 is 6.04 Å². The highest BCUT2D eigenvalue weighted by atomic mass is 16.5. The number of carbonyl (C=O) groups is 2. The van der Waals surface area contributed by atoms with Crippen molar-refractivity contribution in [1.29, 1.82) is 0 Å². The van der Waals surface area contributed by atoms with Crippen molar-refractivity contribution in [2.75, 3.05) is 13.7 Å². The van der Waals surface area contributed by atoms with Crippen molar-refractivity contribution in [3.8, 4) is 5.75 Å². The maximum absolute atomic E-state index is 13.2. The van der Waals surface area contributed by atoms with Crippen LogP contribution in [0.25, 0.3) is 0 Å². The number of nitrogens with zero attached hydrogens (tertiary/aromatic N) is 1. The lowest BCUT2D eigenvalue weighted by atomic mass is 9.91. The molecular weight excluding hydrogens is 340 g/mol. The largest absolute Gasteiger partial charge is 0.497 e. The molecule has 0 saturated carbocycles. The average molecular weight is 366 g/mol. The molecule has 142 valence electrons. The molecule has 0 radical (unpaired) electrons. The Bertz CT molecular complexity index is 817. The molecule has 5 heteroatoms. The Morgan fingerprint density at radius 3 is 2.52 bits per heavy atom. The van der Waals surface area contributed by atoms with Crippen LogP contribution < -0.4 is 10.1 Å². The van der Waals surface area contributed by atoms with Gasteiger partial charge < -0.3 is 15.0 Å². The van der Waals surface area contributed by atoms with E-state index in [0.717, 1.165) is 35.3 Å². The van der Waals surface area contributed by atoms with E-state index in [1.807, 2.05) is 55.5 Å². The fourth-order valence-corrected chi connectivity index (χ4v) is 3.70. The van der Waals surface area contributed by atoms with Crippen molar-refractivity contribution in [3.05, 3.63) is 65.2 Å². The smallest absolute Gasteiger partial charge is 0.247 e. The second kappa shape index (κ2) is 8.25. The van der Waals surface area contributed by atoms with Gasteiger partial charge in [-0.1, -0.05) is 43.3 Å². The molecule has 0 bridgehead atoms. The molecule has 1 aliphatic rings. The van der Waals surface area contributed by atoms with Crippen molar-refractivity contribution >= 4 is 11.8 Å². The maximum atomic E-state index is 13.2. The Morgan fingerprint density at radius 1 is 1.19 bits per heavy atom. The van der Waals surface area contributed by atoms with E-state index in [1.54, 1.807) is 12.0 Å². The molecule has 3 rings (SSSR count). The van der Waals surface area contributed by atoms with Gasteiger partial charge in [0.25, 0.3) is 0 Å².